The van der Waals surface area contributed by atoms with Gasteiger partial charge in [-0.1, -0.05) is 12.1 Å². The quantitative estimate of drug-likeness (QED) is 0.624. The van der Waals surface area contributed by atoms with E-state index in [4.69, 9.17) is 9.72 Å². The third kappa shape index (κ3) is 3.82. The molecule has 0 radical (unpaired) electrons. The van der Waals surface area contributed by atoms with Crippen LogP contribution in [-0.4, -0.2) is 32.0 Å². The van der Waals surface area contributed by atoms with E-state index in [1.165, 1.54) is 17.5 Å². The van der Waals surface area contributed by atoms with Crippen LogP contribution in [0.5, 0.6) is 5.75 Å². The van der Waals surface area contributed by atoms with E-state index >= 15 is 0 Å². The summed E-state index contributed by atoms with van der Waals surface area (Å²) in [4.78, 5) is 15.8. The fraction of sp³-hybridized carbons (Fsp3) is 0.400. The summed E-state index contributed by atoms with van der Waals surface area (Å²) in [5.74, 6) is 1.04. The van der Waals surface area contributed by atoms with Crippen molar-refractivity contribution in [1.29, 1.82) is 0 Å². The predicted molar refractivity (Wildman–Crippen MR) is 117 cm³/mol. The Kier molecular flexibility index (Phi) is 4.78. The summed E-state index contributed by atoms with van der Waals surface area (Å²) in [5, 5.41) is 0. The number of hydrogen-bond acceptors (Lipinski definition) is 5. The van der Waals surface area contributed by atoms with Crippen LogP contribution in [0, 0.1) is 6.92 Å². The standard InChI is InChI=1S/C25H28N4O/c1-17-9-19(21-13-26-16-27-14-21)11-22(28-17)23-5-4-8-29(23)15-18-6-7-24-20(10-18)12-25(2,3)30-24/h6-7,9-11,13-14,16,23H,4-5,8,12,15H2,1-3H3. The molecule has 1 unspecified atom stereocenters. The lowest BCUT2D eigenvalue weighted by atomic mass is 10.00. The van der Waals surface area contributed by atoms with Gasteiger partial charge in [-0.05, 0) is 75.0 Å². The molecule has 0 amide bonds. The highest BCUT2D eigenvalue weighted by Crippen LogP contribution is 2.37. The highest BCUT2D eigenvalue weighted by Gasteiger charge is 2.31. The predicted octanol–water partition coefficient (Wildman–Crippen LogP) is 4.90. The van der Waals surface area contributed by atoms with Crippen LogP contribution in [0.25, 0.3) is 11.1 Å². The molecule has 5 nitrogen and oxygen atoms in total. The van der Waals surface area contributed by atoms with Crippen molar-refractivity contribution in [1.82, 2.24) is 19.9 Å². The van der Waals surface area contributed by atoms with Crippen LogP contribution in [-0.2, 0) is 13.0 Å². The molecule has 2 aliphatic rings. The Morgan fingerprint density at radius 1 is 1.10 bits per heavy atom. The molecular weight excluding hydrogens is 372 g/mol. The number of pyridine rings is 1. The molecule has 154 valence electrons. The molecule has 0 aliphatic carbocycles. The summed E-state index contributed by atoms with van der Waals surface area (Å²) in [7, 11) is 0. The molecule has 4 heterocycles. The summed E-state index contributed by atoms with van der Waals surface area (Å²) in [6.45, 7) is 8.42. The number of nitrogens with zero attached hydrogens (tertiary/aromatic N) is 4. The smallest absolute Gasteiger partial charge is 0.123 e. The maximum absolute atomic E-state index is 6.04. The molecule has 0 N–H and O–H groups in total. The number of ether oxygens (including phenoxy) is 1. The summed E-state index contributed by atoms with van der Waals surface area (Å²) >= 11 is 0. The molecule has 1 aromatic carbocycles. The van der Waals surface area contributed by atoms with Crippen molar-refractivity contribution in [3.63, 3.8) is 0 Å². The second-order valence-corrected chi connectivity index (χ2v) is 9.16. The number of aryl methyl sites for hydroxylation is 1. The van der Waals surface area contributed by atoms with E-state index in [-0.39, 0.29) is 5.60 Å². The Morgan fingerprint density at radius 2 is 1.93 bits per heavy atom. The lowest BCUT2D eigenvalue weighted by molar-refractivity contribution is 0.138. The maximum Gasteiger partial charge on any atom is 0.123 e. The Bertz CT molecular complexity index is 1060. The molecule has 0 saturated carbocycles. The zero-order valence-corrected chi connectivity index (χ0v) is 17.9. The van der Waals surface area contributed by atoms with Crippen LogP contribution in [0.3, 0.4) is 0 Å². The van der Waals surface area contributed by atoms with Crippen LogP contribution < -0.4 is 4.74 Å². The average molecular weight is 401 g/mol. The van der Waals surface area contributed by atoms with E-state index in [1.54, 1.807) is 6.33 Å². The third-order valence-corrected chi connectivity index (χ3v) is 6.09. The van der Waals surface area contributed by atoms with Crippen molar-refractivity contribution in [2.45, 2.75) is 58.2 Å². The van der Waals surface area contributed by atoms with E-state index in [1.807, 2.05) is 12.4 Å². The molecule has 3 aromatic rings. The topological polar surface area (TPSA) is 51.1 Å². The van der Waals surface area contributed by atoms with Crippen LogP contribution in [0.15, 0.2) is 49.1 Å². The average Bonchev–Trinajstić information content (AvgIpc) is 3.30. The fourth-order valence-electron chi connectivity index (χ4n) is 4.83. The van der Waals surface area contributed by atoms with E-state index in [2.05, 4.69) is 66.0 Å². The van der Waals surface area contributed by atoms with Crippen LogP contribution >= 0.6 is 0 Å². The van der Waals surface area contributed by atoms with Gasteiger partial charge in [0, 0.05) is 36.6 Å². The van der Waals surface area contributed by atoms with Crippen molar-refractivity contribution in [3.8, 4) is 16.9 Å². The minimum Gasteiger partial charge on any atom is -0.487 e. The van der Waals surface area contributed by atoms with Crippen molar-refractivity contribution in [2.75, 3.05) is 6.54 Å². The SMILES string of the molecule is Cc1cc(-c2cncnc2)cc(C2CCCN2Cc2ccc3c(c2)CC(C)(C)O3)n1. The Morgan fingerprint density at radius 3 is 2.77 bits per heavy atom. The molecule has 30 heavy (non-hydrogen) atoms. The van der Waals surface area contributed by atoms with E-state index in [0.717, 1.165) is 54.2 Å². The normalized spacial score (nSPS) is 20.2. The first-order chi connectivity index (χ1) is 14.5. The minimum absolute atomic E-state index is 0.0970. The van der Waals surface area contributed by atoms with Crippen molar-refractivity contribution < 1.29 is 4.74 Å². The first-order valence-corrected chi connectivity index (χ1v) is 10.8. The van der Waals surface area contributed by atoms with Gasteiger partial charge in [0.2, 0.25) is 0 Å². The number of likely N-dealkylation sites (tertiary alicyclic amines) is 1. The molecule has 5 rings (SSSR count). The number of rotatable bonds is 4. The summed E-state index contributed by atoms with van der Waals surface area (Å²) in [5.41, 5.74) is 6.95. The first kappa shape index (κ1) is 19.2. The van der Waals surface area contributed by atoms with Gasteiger partial charge in [0.25, 0.3) is 0 Å². The van der Waals surface area contributed by atoms with Gasteiger partial charge in [-0.3, -0.25) is 9.88 Å². The molecule has 1 fully saturated rings. The van der Waals surface area contributed by atoms with Gasteiger partial charge in [-0.25, -0.2) is 9.97 Å². The van der Waals surface area contributed by atoms with Crippen molar-refractivity contribution in [2.24, 2.45) is 0 Å². The van der Waals surface area contributed by atoms with Crippen molar-refractivity contribution in [3.05, 3.63) is 71.6 Å². The molecule has 2 aromatic heterocycles. The largest absolute Gasteiger partial charge is 0.487 e. The van der Waals surface area contributed by atoms with E-state index in [0.29, 0.717) is 6.04 Å². The van der Waals surface area contributed by atoms with E-state index < -0.39 is 0 Å². The number of benzene rings is 1. The zero-order valence-electron chi connectivity index (χ0n) is 17.9. The molecule has 0 bridgehead atoms. The van der Waals surface area contributed by atoms with Gasteiger partial charge < -0.3 is 4.74 Å². The Balaban J connectivity index is 1.39. The van der Waals surface area contributed by atoms with Crippen LogP contribution in [0.2, 0.25) is 0 Å². The van der Waals surface area contributed by atoms with Gasteiger partial charge in [0.15, 0.2) is 0 Å². The number of aromatic nitrogens is 3. The highest BCUT2D eigenvalue weighted by atomic mass is 16.5. The fourth-order valence-corrected chi connectivity index (χ4v) is 4.83. The lowest BCUT2D eigenvalue weighted by Gasteiger charge is -2.25. The van der Waals surface area contributed by atoms with Crippen LogP contribution in [0.1, 0.15) is 55.2 Å². The van der Waals surface area contributed by atoms with E-state index in [9.17, 15) is 0 Å². The molecular formula is C25H28N4O. The zero-order chi connectivity index (χ0) is 20.7. The summed E-state index contributed by atoms with van der Waals surface area (Å²) in [6.07, 6.45) is 8.62. The number of fused-ring (bicyclic) bond motifs is 1. The van der Waals surface area contributed by atoms with Gasteiger partial charge >= 0.3 is 0 Å². The lowest BCUT2D eigenvalue weighted by Crippen LogP contribution is -2.24. The second-order valence-electron chi connectivity index (χ2n) is 9.16. The van der Waals surface area contributed by atoms with Crippen LogP contribution in [0.4, 0.5) is 0 Å². The number of hydrogen-bond donors (Lipinski definition) is 0. The van der Waals surface area contributed by atoms with Gasteiger partial charge in [0.05, 0.1) is 11.7 Å². The first-order valence-electron chi connectivity index (χ1n) is 10.8. The second kappa shape index (κ2) is 7.47. The summed E-state index contributed by atoms with van der Waals surface area (Å²) < 4.78 is 6.04. The Hall–Kier alpha value is -2.79. The molecule has 1 saturated heterocycles. The molecule has 0 spiro atoms. The molecule has 1 atom stereocenters. The van der Waals surface area contributed by atoms with Gasteiger partial charge in [-0.15, -0.1) is 0 Å². The third-order valence-electron chi connectivity index (χ3n) is 6.09. The van der Waals surface area contributed by atoms with Crippen molar-refractivity contribution >= 4 is 0 Å². The Labute approximate surface area is 178 Å². The molecule has 2 aliphatic heterocycles. The van der Waals surface area contributed by atoms with Gasteiger partial charge in [0.1, 0.15) is 17.7 Å². The van der Waals surface area contributed by atoms with Gasteiger partial charge in [-0.2, -0.15) is 0 Å². The maximum atomic E-state index is 6.04. The monoisotopic (exact) mass is 400 g/mol. The highest BCUT2D eigenvalue weighted by molar-refractivity contribution is 5.62. The minimum atomic E-state index is -0.0970. The summed E-state index contributed by atoms with van der Waals surface area (Å²) in [6, 6.07) is 11.4. The molecule has 5 heteroatoms.